The number of nitrogens with zero attached hydrogens (tertiary/aromatic N) is 1. The van der Waals surface area contributed by atoms with Crippen LogP contribution >= 0.6 is 0 Å². The van der Waals surface area contributed by atoms with Crippen LogP contribution in [0, 0.1) is 5.92 Å². The molecule has 0 atom stereocenters. The second-order valence-electron chi connectivity index (χ2n) is 8.94. The maximum Gasteiger partial charge on any atom is 0.327 e. The Hall–Kier alpha value is -2.46. The van der Waals surface area contributed by atoms with Gasteiger partial charge in [-0.3, -0.25) is 9.69 Å². The van der Waals surface area contributed by atoms with E-state index in [2.05, 4.69) is 36.8 Å². The lowest BCUT2D eigenvalue weighted by atomic mass is 9.95. The molecule has 1 saturated heterocycles. The molecule has 2 aromatic rings. The zero-order chi connectivity index (χ0) is 26.6. The first-order valence-corrected chi connectivity index (χ1v) is 14.0. The summed E-state index contributed by atoms with van der Waals surface area (Å²) in [7, 11) is -3.96. The topological polar surface area (TPSA) is 119 Å². The average Bonchev–Trinajstić information content (AvgIpc) is 2.92. The van der Waals surface area contributed by atoms with Crippen LogP contribution in [0.2, 0.25) is 0 Å². The summed E-state index contributed by atoms with van der Waals surface area (Å²) in [6, 6.07) is 16.5. The highest BCUT2D eigenvalue weighted by Gasteiger charge is 2.54. The van der Waals surface area contributed by atoms with Crippen molar-refractivity contribution in [2.45, 2.75) is 62.6 Å². The summed E-state index contributed by atoms with van der Waals surface area (Å²) >= 11 is 0. The number of carbonyl (C=O) groups excluding carboxylic acids is 1. The summed E-state index contributed by atoms with van der Waals surface area (Å²) in [5, 5.41) is 6.50. The molecule has 3 N–H and O–H groups in total. The Morgan fingerprint density at radius 1 is 1.00 bits per heavy atom. The van der Waals surface area contributed by atoms with E-state index in [1.807, 2.05) is 18.2 Å². The Morgan fingerprint density at radius 2 is 1.58 bits per heavy atom. The van der Waals surface area contributed by atoms with E-state index in [9.17, 15) is 13.2 Å². The molecule has 1 heterocycles. The lowest BCUT2D eigenvalue weighted by Gasteiger charge is -2.39. The largest absolute Gasteiger partial charge is 0.493 e. The lowest BCUT2D eigenvalue weighted by molar-refractivity contribution is -0.147. The van der Waals surface area contributed by atoms with Gasteiger partial charge in [0.25, 0.3) is 0 Å². The SMILES string of the molecule is CCOC(=O)C1(S(=O)(=O)c2ccc(OCC(CC)CC)cc2)CCN(Cc2ccccc2)CC1.NO. The number of esters is 1. The smallest absolute Gasteiger partial charge is 0.327 e. The summed E-state index contributed by atoms with van der Waals surface area (Å²) in [6.45, 7) is 8.44. The van der Waals surface area contributed by atoms with E-state index in [-0.39, 0.29) is 24.3 Å². The molecule has 0 spiro atoms. The number of rotatable bonds is 11. The van der Waals surface area contributed by atoms with Gasteiger partial charge in [-0.05, 0) is 55.5 Å². The van der Waals surface area contributed by atoms with Gasteiger partial charge in [0.15, 0.2) is 14.6 Å². The molecule has 0 unspecified atom stereocenters. The zero-order valence-electron chi connectivity index (χ0n) is 21.6. The fraction of sp³-hybridized carbons (Fsp3) is 0.519. The number of hydrogen-bond acceptors (Lipinski definition) is 8. The highest BCUT2D eigenvalue weighted by atomic mass is 32.2. The minimum Gasteiger partial charge on any atom is -0.493 e. The maximum atomic E-state index is 13.8. The van der Waals surface area contributed by atoms with E-state index in [0.717, 1.165) is 24.9 Å². The number of carbonyl (C=O) groups is 1. The number of hydrogen-bond donors (Lipinski definition) is 2. The molecular formula is C27H40N2O6S. The Bertz CT molecular complexity index is 1020. The Morgan fingerprint density at radius 3 is 2.11 bits per heavy atom. The van der Waals surface area contributed by atoms with Crippen LogP contribution in [-0.4, -0.2) is 55.5 Å². The normalized spacial score (nSPS) is 15.6. The second kappa shape index (κ2) is 14.3. The minimum absolute atomic E-state index is 0.131. The van der Waals surface area contributed by atoms with E-state index >= 15 is 0 Å². The van der Waals surface area contributed by atoms with Crippen molar-refractivity contribution in [3.05, 3.63) is 60.2 Å². The van der Waals surface area contributed by atoms with E-state index < -0.39 is 20.6 Å². The van der Waals surface area contributed by atoms with Crippen molar-refractivity contribution in [2.75, 3.05) is 26.3 Å². The van der Waals surface area contributed by atoms with Crippen molar-refractivity contribution >= 4 is 15.8 Å². The van der Waals surface area contributed by atoms with Crippen LogP contribution in [-0.2, 0) is 25.9 Å². The molecule has 0 radical (unpaired) electrons. The summed E-state index contributed by atoms with van der Waals surface area (Å²) in [4.78, 5) is 15.4. The van der Waals surface area contributed by atoms with Gasteiger partial charge in [0, 0.05) is 19.6 Å². The molecule has 1 aliphatic heterocycles. The fourth-order valence-electron chi connectivity index (χ4n) is 4.44. The van der Waals surface area contributed by atoms with Crippen molar-refractivity contribution < 1.29 is 27.9 Å². The first kappa shape index (κ1) is 29.8. The molecular weight excluding hydrogens is 480 g/mol. The van der Waals surface area contributed by atoms with Gasteiger partial charge in [0.05, 0.1) is 18.1 Å². The Kier molecular flexibility index (Phi) is 11.8. The van der Waals surface area contributed by atoms with Crippen molar-refractivity contribution in [3.63, 3.8) is 0 Å². The first-order chi connectivity index (χ1) is 17.4. The highest BCUT2D eigenvalue weighted by molar-refractivity contribution is 7.93. The summed E-state index contributed by atoms with van der Waals surface area (Å²) in [6.07, 6.45) is 2.47. The summed E-state index contributed by atoms with van der Waals surface area (Å²) < 4.78 is 37.2. The van der Waals surface area contributed by atoms with Crippen LogP contribution in [0.25, 0.3) is 0 Å². The fourth-order valence-corrected chi connectivity index (χ4v) is 6.38. The molecule has 0 bridgehead atoms. The third-order valence-electron chi connectivity index (χ3n) is 6.85. The van der Waals surface area contributed by atoms with Crippen molar-refractivity contribution in [2.24, 2.45) is 11.8 Å². The molecule has 1 fully saturated rings. The van der Waals surface area contributed by atoms with Crippen LogP contribution in [0.1, 0.15) is 52.0 Å². The number of likely N-dealkylation sites (tertiary alicyclic amines) is 1. The molecule has 200 valence electrons. The maximum absolute atomic E-state index is 13.8. The average molecular weight is 521 g/mol. The zero-order valence-corrected chi connectivity index (χ0v) is 22.4. The molecule has 0 saturated carbocycles. The quantitative estimate of drug-likeness (QED) is 0.334. The number of nitrogens with two attached hydrogens (primary N) is 1. The van der Waals surface area contributed by atoms with Crippen LogP contribution in [0.5, 0.6) is 5.75 Å². The predicted octanol–water partition coefficient (Wildman–Crippen LogP) is 4.21. The van der Waals surface area contributed by atoms with E-state index in [1.165, 1.54) is 0 Å². The highest BCUT2D eigenvalue weighted by Crippen LogP contribution is 2.37. The van der Waals surface area contributed by atoms with E-state index in [0.29, 0.717) is 31.4 Å². The number of piperidine rings is 1. The van der Waals surface area contributed by atoms with Crippen LogP contribution in [0.15, 0.2) is 59.5 Å². The van der Waals surface area contributed by atoms with Gasteiger partial charge in [-0.25, -0.2) is 14.3 Å². The number of benzene rings is 2. The monoisotopic (exact) mass is 520 g/mol. The third-order valence-corrected chi connectivity index (χ3v) is 9.35. The van der Waals surface area contributed by atoms with Gasteiger partial charge in [-0.15, -0.1) is 0 Å². The molecule has 3 rings (SSSR count). The van der Waals surface area contributed by atoms with Gasteiger partial charge >= 0.3 is 5.97 Å². The summed E-state index contributed by atoms with van der Waals surface area (Å²) in [5.74, 6) is 3.95. The van der Waals surface area contributed by atoms with Gasteiger partial charge in [-0.2, -0.15) is 0 Å². The van der Waals surface area contributed by atoms with Crippen molar-refractivity contribution in [3.8, 4) is 5.75 Å². The van der Waals surface area contributed by atoms with Gasteiger partial charge < -0.3 is 14.7 Å². The molecule has 8 nitrogen and oxygen atoms in total. The molecule has 2 aromatic carbocycles. The van der Waals surface area contributed by atoms with Crippen LogP contribution < -0.4 is 10.6 Å². The molecule has 0 amide bonds. The molecule has 0 aromatic heterocycles. The lowest BCUT2D eigenvalue weighted by Crippen LogP contribution is -2.54. The van der Waals surface area contributed by atoms with Gasteiger partial charge in [0.2, 0.25) is 0 Å². The predicted molar refractivity (Wildman–Crippen MR) is 139 cm³/mol. The number of sulfone groups is 1. The summed E-state index contributed by atoms with van der Waals surface area (Å²) in [5.41, 5.74) is 1.16. The van der Waals surface area contributed by atoms with E-state index in [1.54, 1.807) is 31.2 Å². The first-order valence-electron chi connectivity index (χ1n) is 12.5. The van der Waals surface area contributed by atoms with Gasteiger partial charge in [0.1, 0.15) is 5.75 Å². The van der Waals surface area contributed by atoms with Crippen LogP contribution in [0.4, 0.5) is 0 Å². The number of ether oxygens (including phenoxy) is 2. The molecule has 1 aliphatic rings. The Balaban J connectivity index is 0.00000222. The third kappa shape index (κ3) is 7.06. The molecule has 9 heteroatoms. The van der Waals surface area contributed by atoms with Gasteiger partial charge in [-0.1, -0.05) is 57.0 Å². The minimum atomic E-state index is -3.96. The molecule has 0 aliphatic carbocycles. The van der Waals surface area contributed by atoms with Crippen molar-refractivity contribution in [1.82, 2.24) is 4.90 Å². The van der Waals surface area contributed by atoms with Crippen LogP contribution in [0.3, 0.4) is 0 Å². The van der Waals surface area contributed by atoms with Crippen molar-refractivity contribution in [1.29, 1.82) is 0 Å². The second-order valence-corrected chi connectivity index (χ2v) is 11.2. The molecule has 36 heavy (non-hydrogen) atoms. The Labute approximate surface area is 215 Å². The van der Waals surface area contributed by atoms with E-state index in [4.69, 9.17) is 14.7 Å². The standard InChI is InChI=1S/C27H37NO5S.H3NO/c1-4-22(5-2)21-33-24-12-14-25(15-13-24)34(30,31)27(26(29)32-6-3)16-18-28(19-17-27)20-23-10-8-7-9-11-23;1-2/h7-15,22H,4-6,16-21H2,1-3H3;2H,1H2.